The van der Waals surface area contributed by atoms with E-state index in [9.17, 15) is 19.8 Å². The largest absolute Gasteiger partial charge is 0.392 e. The van der Waals surface area contributed by atoms with Gasteiger partial charge in [-0.25, -0.2) is 9.97 Å². The topological polar surface area (TPSA) is 144 Å². The molecule has 2 aromatic heterocycles. The Hall–Kier alpha value is -4.08. The summed E-state index contributed by atoms with van der Waals surface area (Å²) in [6.45, 7) is 16.5. The second kappa shape index (κ2) is 15.2. The molecule has 2 aliphatic carbocycles. The average Bonchev–Trinajstić information content (AvgIpc) is 3.82. The second-order valence-electron chi connectivity index (χ2n) is 18.7. The molecule has 5 N–H and O–H groups in total. The highest BCUT2D eigenvalue weighted by atomic mass is 16.3. The average molecular weight is 736 g/mol. The van der Waals surface area contributed by atoms with E-state index in [4.69, 9.17) is 9.97 Å². The number of aromatic amines is 2. The monoisotopic (exact) mass is 735 g/mol. The number of ketones is 1. The van der Waals surface area contributed by atoms with Crippen LogP contribution in [0.15, 0.2) is 60.9 Å². The maximum atomic E-state index is 13.7. The summed E-state index contributed by atoms with van der Waals surface area (Å²) in [5.41, 5.74) is 3.94. The van der Waals surface area contributed by atoms with Gasteiger partial charge >= 0.3 is 0 Å². The van der Waals surface area contributed by atoms with Gasteiger partial charge in [0.1, 0.15) is 17.4 Å². The van der Waals surface area contributed by atoms with Gasteiger partial charge < -0.3 is 25.5 Å². The predicted molar refractivity (Wildman–Crippen MR) is 214 cm³/mol. The Kier molecular flexibility index (Phi) is 11.2. The Balaban J connectivity index is 1.14. The second-order valence-corrected chi connectivity index (χ2v) is 18.7. The van der Waals surface area contributed by atoms with Crippen molar-refractivity contribution in [3.63, 3.8) is 0 Å². The van der Waals surface area contributed by atoms with Crippen LogP contribution in [0.2, 0.25) is 0 Å². The van der Waals surface area contributed by atoms with Gasteiger partial charge in [0.2, 0.25) is 5.91 Å². The Morgan fingerprint density at radius 2 is 1.15 bits per heavy atom. The first kappa shape index (κ1) is 39.6. The Labute approximate surface area is 321 Å². The SMILES string of the molecule is CC1(C(=O)C[C@H](c2ncc(-c3ccc(-c4ccc(-c5cnc([C@@H](NC(=O)C6(C)CCCCC6O)C(C)(C)C)[nH]5)cc4)cc3)[nH]2)C(C)(C)C)CCCCC1O. The molecule has 0 bridgehead atoms. The molecule has 9 nitrogen and oxygen atoms in total. The number of Topliss-reactive ketones (excluding diaryl/α,β-unsaturated/α-hetero) is 1. The van der Waals surface area contributed by atoms with Crippen molar-refractivity contribution in [2.45, 2.75) is 137 Å². The number of carbonyl (C=O) groups excluding carboxylic acids is 2. The molecular weight excluding hydrogens is 675 g/mol. The fourth-order valence-corrected chi connectivity index (χ4v) is 8.42. The molecule has 0 radical (unpaired) electrons. The van der Waals surface area contributed by atoms with E-state index >= 15 is 0 Å². The van der Waals surface area contributed by atoms with Crippen LogP contribution < -0.4 is 5.32 Å². The van der Waals surface area contributed by atoms with Crippen molar-refractivity contribution in [3.05, 3.63) is 72.6 Å². The van der Waals surface area contributed by atoms with E-state index in [1.807, 2.05) is 26.2 Å². The molecule has 2 aromatic carbocycles. The molecule has 2 aliphatic rings. The number of imidazole rings is 2. The molecule has 2 fully saturated rings. The van der Waals surface area contributed by atoms with Crippen LogP contribution in [0.3, 0.4) is 0 Å². The van der Waals surface area contributed by atoms with Crippen LogP contribution >= 0.6 is 0 Å². The van der Waals surface area contributed by atoms with E-state index in [2.05, 4.69) is 105 Å². The molecule has 2 heterocycles. The van der Waals surface area contributed by atoms with E-state index < -0.39 is 23.0 Å². The van der Waals surface area contributed by atoms with Crippen molar-refractivity contribution in [2.75, 3.05) is 0 Å². The fraction of sp³-hybridized carbons (Fsp3) is 0.556. The highest BCUT2D eigenvalue weighted by molar-refractivity contribution is 5.86. The van der Waals surface area contributed by atoms with Gasteiger partial charge in [0, 0.05) is 12.3 Å². The maximum absolute atomic E-state index is 13.7. The van der Waals surface area contributed by atoms with Gasteiger partial charge in [-0.15, -0.1) is 0 Å². The van der Waals surface area contributed by atoms with Crippen molar-refractivity contribution in [2.24, 2.45) is 21.7 Å². The minimum absolute atomic E-state index is 0.106. The molecule has 290 valence electrons. The van der Waals surface area contributed by atoms with Crippen LogP contribution in [0.5, 0.6) is 0 Å². The third-order valence-electron chi connectivity index (χ3n) is 12.6. The van der Waals surface area contributed by atoms with Crippen molar-refractivity contribution < 1.29 is 19.8 Å². The van der Waals surface area contributed by atoms with E-state index in [0.29, 0.717) is 31.5 Å². The summed E-state index contributed by atoms with van der Waals surface area (Å²) in [4.78, 5) is 43.7. The molecule has 4 unspecified atom stereocenters. The number of rotatable bonds is 10. The summed E-state index contributed by atoms with van der Waals surface area (Å²) < 4.78 is 0. The molecule has 9 heteroatoms. The van der Waals surface area contributed by atoms with Crippen LogP contribution in [-0.2, 0) is 9.59 Å². The zero-order valence-electron chi connectivity index (χ0n) is 33.6. The molecular formula is C45H61N5O4. The first-order chi connectivity index (χ1) is 25.4. The molecule has 0 aliphatic heterocycles. The van der Waals surface area contributed by atoms with Crippen molar-refractivity contribution in [3.8, 4) is 33.6 Å². The van der Waals surface area contributed by atoms with Gasteiger partial charge in [0.25, 0.3) is 0 Å². The minimum Gasteiger partial charge on any atom is -0.392 e. The van der Waals surface area contributed by atoms with E-state index in [1.54, 1.807) is 0 Å². The third kappa shape index (κ3) is 8.13. The Morgan fingerprint density at radius 1 is 0.704 bits per heavy atom. The van der Waals surface area contributed by atoms with Gasteiger partial charge in [-0.3, -0.25) is 9.59 Å². The van der Waals surface area contributed by atoms with Crippen LogP contribution in [-0.4, -0.2) is 54.0 Å². The van der Waals surface area contributed by atoms with Crippen molar-refractivity contribution in [1.29, 1.82) is 0 Å². The summed E-state index contributed by atoms with van der Waals surface area (Å²) in [6, 6.07) is 16.4. The van der Waals surface area contributed by atoms with E-state index in [0.717, 1.165) is 71.6 Å². The standard InChI is InChI=1S/C45H61N5O4/c1-42(2,3)32(25-37(53)44(7)23-11-9-13-35(44)51)39-46-26-33(48-39)30-19-15-28(16-20-30)29-17-21-31(22-18-29)34-27-47-40(49-34)38(43(4,5)6)50-41(54)45(8)24-12-10-14-36(45)52/h15-22,26-27,32,35-36,38,51-52H,9-14,23-25H2,1-8H3,(H,46,48)(H,47,49)(H,50,54)/t32-,35?,36?,38-,44?,45?/m1/s1. The maximum Gasteiger partial charge on any atom is 0.229 e. The molecule has 6 rings (SSSR count). The number of aliphatic hydroxyl groups excluding tert-OH is 2. The quantitative estimate of drug-likeness (QED) is 0.110. The number of amides is 1. The van der Waals surface area contributed by atoms with Gasteiger partial charge in [0.15, 0.2) is 0 Å². The van der Waals surface area contributed by atoms with Crippen molar-refractivity contribution >= 4 is 11.7 Å². The zero-order chi connectivity index (χ0) is 39.1. The number of hydrogen-bond acceptors (Lipinski definition) is 6. The number of H-pyrrole nitrogens is 2. The molecule has 0 saturated heterocycles. The number of nitrogens with zero attached hydrogens (tertiary/aromatic N) is 2. The number of aliphatic hydroxyl groups is 2. The lowest BCUT2D eigenvalue weighted by Gasteiger charge is -2.39. The highest BCUT2D eigenvalue weighted by Crippen LogP contribution is 2.44. The lowest BCUT2D eigenvalue weighted by atomic mass is 9.66. The minimum atomic E-state index is -0.804. The Morgan fingerprint density at radius 3 is 1.61 bits per heavy atom. The molecule has 54 heavy (non-hydrogen) atoms. The molecule has 1 amide bonds. The predicted octanol–water partition coefficient (Wildman–Crippen LogP) is 9.31. The fourth-order valence-electron chi connectivity index (χ4n) is 8.42. The first-order valence-corrected chi connectivity index (χ1v) is 19.9. The van der Waals surface area contributed by atoms with Crippen LogP contribution in [0.1, 0.15) is 137 Å². The molecule has 6 atom stereocenters. The van der Waals surface area contributed by atoms with Gasteiger partial charge in [-0.1, -0.05) is 123 Å². The smallest absolute Gasteiger partial charge is 0.229 e. The normalized spacial score (nSPS) is 24.9. The number of carbonyl (C=O) groups is 2. The van der Waals surface area contributed by atoms with Crippen LogP contribution in [0.25, 0.3) is 33.6 Å². The Bertz CT molecular complexity index is 1770. The number of nitrogens with one attached hydrogen (secondary N) is 3. The summed E-state index contributed by atoms with van der Waals surface area (Å²) >= 11 is 0. The first-order valence-electron chi connectivity index (χ1n) is 19.9. The van der Waals surface area contributed by atoms with Crippen LogP contribution in [0.4, 0.5) is 0 Å². The van der Waals surface area contributed by atoms with Gasteiger partial charge in [0.05, 0.1) is 52.9 Å². The summed E-state index contributed by atoms with van der Waals surface area (Å²) in [7, 11) is 0. The van der Waals surface area contributed by atoms with E-state index in [-0.39, 0.29) is 34.5 Å². The lowest BCUT2D eigenvalue weighted by molar-refractivity contribution is -0.141. The lowest BCUT2D eigenvalue weighted by Crippen LogP contribution is -2.51. The van der Waals surface area contributed by atoms with Gasteiger partial charge in [-0.2, -0.15) is 0 Å². The van der Waals surface area contributed by atoms with E-state index in [1.165, 1.54) is 0 Å². The molecule has 2 saturated carbocycles. The summed E-state index contributed by atoms with van der Waals surface area (Å²) in [6.07, 6.45) is 9.36. The number of aromatic nitrogens is 4. The van der Waals surface area contributed by atoms with Crippen LogP contribution in [0, 0.1) is 21.7 Å². The third-order valence-corrected chi connectivity index (χ3v) is 12.6. The van der Waals surface area contributed by atoms with Gasteiger partial charge in [-0.05, 0) is 65.7 Å². The summed E-state index contributed by atoms with van der Waals surface area (Å²) in [5, 5.41) is 24.7. The summed E-state index contributed by atoms with van der Waals surface area (Å²) in [5.74, 6) is 1.39. The zero-order valence-corrected chi connectivity index (χ0v) is 33.6. The molecule has 4 aromatic rings. The van der Waals surface area contributed by atoms with Crippen molar-refractivity contribution in [1.82, 2.24) is 25.3 Å². The number of benzene rings is 2. The molecule has 0 spiro atoms. The highest BCUT2D eigenvalue weighted by Gasteiger charge is 2.45. The number of hydrogen-bond donors (Lipinski definition) is 5.